The molecule has 7 heteroatoms. The summed E-state index contributed by atoms with van der Waals surface area (Å²) in [6.07, 6.45) is 5.65. The van der Waals surface area contributed by atoms with E-state index >= 15 is 0 Å². The average molecular weight is 353 g/mol. The summed E-state index contributed by atoms with van der Waals surface area (Å²) in [5, 5.41) is 1.05. The molecule has 2 aliphatic rings. The molecule has 0 bridgehead atoms. The molecule has 3 aromatic rings. The first-order valence-electron chi connectivity index (χ1n) is 8.58. The van der Waals surface area contributed by atoms with Gasteiger partial charge in [-0.05, 0) is 38.0 Å². The second kappa shape index (κ2) is 5.29. The molecule has 5 rings (SSSR count). The van der Waals surface area contributed by atoms with Gasteiger partial charge < -0.3 is 14.8 Å². The van der Waals surface area contributed by atoms with Crippen LogP contribution < -0.4 is 4.90 Å². The van der Waals surface area contributed by atoms with Crippen molar-refractivity contribution in [1.29, 1.82) is 0 Å². The van der Waals surface area contributed by atoms with E-state index in [1.807, 2.05) is 31.3 Å². The van der Waals surface area contributed by atoms with Gasteiger partial charge in [-0.25, -0.2) is 9.97 Å². The Balaban J connectivity index is 1.43. The van der Waals surface area contributed by atoms with E-state index in [9.17, 15) is 4.79 Å². The van der Waals surface area contributed by atoms with Crippen LogP contribution in [0.3, 0.4) is 0 Å². The maximum Gasteiger partial charge on any atom is 0.264 e. The van der Waals surface area contributed by atoms with Gasteiger partial charge in [0.05, 0.1) is 15.8 Å². The first-order valence-corrected chi connectivity index (χ1v) is 9.39. The van der Waals surface area contributed by atoms with Gasteiger partial charge in [0.15, 0.2) is 0 Å². The third kappa shape index (κ3) is 2.33. The van der Waals surface area contributed by atoms with Crippen molar-refractivity contribution in [3.8, 4) is 0 Å². The molecule has 0 unspecified atom stereocenters. The minimum Gasteiger partial charge on any atom is -0.352 e. The number of aromatic nitrogens is 3. The number of carbonyl (C=O) groups is 1. The van der Waals surface area contributed by atoms with Gasteiger partial charge in [-0.15, -0.1) is 11.3 Å². The molecule has 1 saturated carbocycles. The van der Waals surface area contributed by atoms with E-state index in [0.29, 0.717) is 0 Å². The lowest BCUT2D eigenvalue weighted by atomic mass is 10.1. The summed E-state index contributed by atoms with van der Waals surface area (Å²) in [5.74, 6) is 1.15. The number of piperazine rings is 1. The molecular weight excluding hydrogens is 334 g/mol. The van der Waals surface area contributed by atoms with Crippen LogP contribution in [0.4, 0.5) is 5.82 Å². The van der Waals surface area contributed by atoms with Crippen LogP contribution in [-0.4, -0.2) is 50.9 Å². The number of nitrogens with one attached hydrogen (secondary N) is 1. The second-order valence-electron chi connectivity index (χ2n) is 6.95. The quantitative estimate of drug-likeness (QED) is 0.769. The highest BCUT2D eigenvalue weighted by Gasteiger charge is 2.53. The van der Waals surface area contributed by atoms with Crippen molar-refractivity contribution in [2.75, 3.05) is 24.5 Å². The lowest BCUT2D eigenvalue weighted by molar-refractivity contribution is 0.0629. The summed E-state index contributed by atoms with van der Waals surface area (Å²) in [4.78, 5) is 31.4. The van der Waals surface area contributed by atoms with Crippen molar-refractivity contribution >= 4 is 34.1 Å². The summed E-state index contributed by atoms with van der Waals surface area (Å²) >= 11 is 1.59. The van der Waals surface area contributed by atoms with E-state index in [1.54, 1.807) is 17.7 Å². The number of rotatable bonds is 2. The molecule has 3 aromatic heterocycles. The number of fused-ring (bicyclic) bond motifs is 1. The molecule has 1 N–H and O–H groups in total. The van der Waals surface area contributed by atoms with E-state index in [1.165, 1.54) is 4.88 Å². The Labute approximate surface area is 149 Å². The Morgan fingerprint density at radius 3 is 2.88 bits per heavy atom. The second-order valence-corrected chi connectivity index (χ2v) is 8.24. The van der Waals surface area contributed by atoms with Gasteiger partial charge >= 0.3 is 0 Å². The van der Waals surface area contributed by atoms with Gasteiger partial charge in [0.2, 0.25) is 0 Å². The van der Waals surface area contributed by atoms with E-state index in [4.69, 9.17) is 0 Å². The first kappa shape index (κ1) is 14.9. The van der Waals surface area contributed by atoms with Crippen molar-refractivity contribution in [3.05, 3.63) is 40.5 Å². The Morgan fingerprint density at radius 2 is 2.12 bits per heavy atom. The summed E-state index contributed by atoms with van der Waals surface area (Å²) in [6, 6.07) is 6.01. The summed E-state index contributed by atoms with van der Waals surface area (Å²) in [7, 11) is 0. The number of aryl methyl sites for hydroxylation is 1. The summed E-state index contributed by atoms with van der Waals surface area (Å²) in [5.41, 5.74) is 0.836. The molecule has 4 heterocycles. The number of aromatic amines is 1. The van der Waals surface area contributed by atoms with Crippen LogP contribution in [-0.2, 0) is 0 Å². The van der Waals surface area contributed by atoms with Crippen LogP contribution in [0.5, 0.6) is 0 Å². The minimum atomic E-state index is -0.0270. The van der Waals surface area contributed by atoms with Crippen molar-refractivity contribution < 1.29 is 4.79 Å². The molecule has 1 aliphatic carbocycles. The minimum absolute atomic E-state index is 0.0270. The predicted octanol–water partition coefficient (Wildman–Crippen LogP) is 2.82. The van der Waals surface area contributed by atoms with E-state index in [-0.39, 0.29) is 11.4 Å². The topological polar surface area (TPSA) is 65.1 Å². The largest absolute Gasteiger partial charge is 0.352 e. The Kier molecular flexibility index (Phi) is 3.15. The predicted molar refractivity (Wildman–Crippen MR) is 98.2 cm³/mol. The van der Waals surface area contributed by atoms with E-state index in [2.05, 4.69) is 24.8 Å². The molecule has 1 amide bonds. The normalized spacial score (nSPS) is 18.9. The number of anilines is 1. The SMILES string of the molecule is Cc1ccc(C(=O)N2CCN(c3ncnc4[nH]ccc34)CC23CC3)s1. The highest BCUT2D eigenvalue weighted by molar-refractivity contribution is 7.13. The van der Waals surface area contributed by atoms with Crippen LogP contribution in [0.1, 0.15) is 27.4 Å². The van der Waals surface area contributed by atoms with Crippen LogP contribution >= 0.6 is 11.3 Å². The van der Waals surface area contributed by atoms with Crippen LogP contribution in [0.25, 0.3) is 11.0 Å². The lowest BCUT2D eigenvalue weighted by Gasteiger charge is -2.42. The zero-order valence-electron chi connectivity index (χ0n) is 14.0. The van der Waals surface area contributed by atoms with Crippen LogP contribution in [0.15, 0.2) is 30.7 Å². The third-order valence-electron chi connectivity index (χ3n) is 5.31. The molecule has 128 valence electrons. The molecule has 25 heavy (non-hydrogen) atoms. The molecule has 6 nitrogen and oxygen atoms in total. The number of hydrogen-bond donors (Lipinski definition) is 1. The van der Waals surface area contributed by atoms with Crippen molar-refractivity contribution in [2.24, 2.45) is 0 Å². The van der Waals surface area contributed by atoms with E-state index in [0.717, 1.165) is 54.2 Å². The zero-order chi connectivity index (χ0) is 17.0. The van der Waals surface area contributed by atoms with Crippen LogP contribution in [0.2, 0.25) is 0 Å². The number of amides is 1. The number of carbonyl (C=O) groups excluding carboxylic acids is 1. The van der Waals surface area contributed by atoms with E-state index < -0.39 is 0 Å². The van der Waals surface area contributed by atoms with Crippen molar-refractivity contribution in [1.82, 2.24) is 19.9 Å². The summed E-state index contributed by atoms with van der Waals surface area (Å²) < 4.78 is 0. The molecule has 2 fully saturated rings. The number of thiophene rings is 1. The number of hydrogen-bond acceptors (Lipinski definition) is 5. The lowest BCUT2D eigenvalue weighted by Crippen LogP contribution is -2.57. The van der Waals surface area contributed by atoms with Gasteiger partial charge in [0, 0.05) is 30.7 Å². The molecule has 0 atom stereocenters. The molecule has 0 aromatic carbocycles. The monoisotopic (exact) mass is 353 g/mol. The van der Waals surface area contributed by atoms with Gasteiger partial charge in [-0.2, -0.15) is 0 Å². The first-order chi connectivity index (χ1) is 12.2. The molecule has 1 aliphatic heterocycles. The van der Waals surface area contributed by atoms with Gasteiger partial charge in [-0.3, -0.25) is 4.79 Å². The maximum atomic E-state index is 13.0. The van der Waals surface area contributed by atoms with Gasteiger partial charge in [0.1, 0.15) is 17.8 Å². The smallest absolute Gasteiger partial charge is 0.264 e. The van der Waals surface area contributed by atoms with Gasteiger partial charge in [0.25, 0.3) is 5.91 Å². The Morgan fingerprint density at radius 1 is 1.24 bits per heavy atom. The maximum absolute atomic E-state index is 13.0. The highest BCUT2D eigenvalue weighted by Crippen LogP contribution is 2.46. The molecule has 1 saturated heterocycles. The fraction of sp³-hybridized carbons (Fsp3) is 0.389. The Bertz CT molecular complexity index is 957. The van der Waals surface area contributed by atoms with Crippen LogP contribution in [0, 0.1) is 6.92 Å². The summed E-state index contributed by atoms with van der Waals surface area (Å²) in [6.45, 7) is 4.44. The molecular formula is C18H19N5OS. The number of nitrogens with zero attached hydrogens (tertiary/aromatic N) is 4. The molecule has 0 radical (unpaired) electrons. The fourth-order valence-electron chi connectivity index (χ4n) is 3.84. The zero-order valence-corrected chi connectivity index (χ0v) is 14.8. The standard InChI is InChI=1S/C18H19N5OS/c1-12-2-3-14(25-12)17(24)23-9-8-22(10-18(23)5-6-18)16-13-4-7-19-15(13)20-11-21-16/h2-4,7,11H,5-6,8-10H2,1H3,(H,19,20,21). The average Bonchev–Trinajstić information content (AvgIpc) is 3.03. The molecule has 1 spiro atoms. The van der Waals surface area contributed by atoms with Crippen molar-refractivity contribution in [3.63, 3.8) is 0 Å². The van der Waals surface area contributed by atoms with Crippen molar-refractivity contribution in [2.45, 2.75) is 25.3 Å². The number of H-pyrrole nitrogens is 1. The van der Waals surface area contributed by atoms with Gasteiger partial charge in [-0.1, -0.05) is 0 Å². The fourth-order valence-corrected chi connectivity index (χ4v) is 4.66. The Hall–Kier alpha value is -2.41. The highest BCUT2D eigenvalue weighted by atomic mass is 32.1. The third-order valence-corrected chi connectivity index (χ3v) is 6.30.